The van der Waals surface area contributed by atoms with Crippen molar-refractivity contribution >= 4 is 28.9 Å². The number of carbonyl (C=O) groups excluding carboxylic acids is 3. The van der Waals surface area contributed by atoms with Gasteiger partial charge in [-0.1, -0.05) is 12.1 Å². The van der Waals surface area contributed by atoms with Crippen LogP contribution in [0.4, 0.5) is 4.39 Å². The minimum atomic E-state index is -1.34. The minimum Gasteiger partial charge on any atom is -0.501 e. The van der Waals surface area contributed by atoms with Crippen LogP contribution in [0.15, 0.2) is 29.1 Å². The Balaban J connectivity index is 1.37. The third-order valence-electron chi connectivity index (χ3n) is 8.16. The van der Waals surface area contributed by atoms with Crippen molar-refractivity contribution in [1.29, 1.82) is 0 Å². The molecule has 1 aromatic heterocycles. The number of rotatable bonds is 6. The maximum Gasteiger partial charge on any atom is 0.311 e. The Morgan fingerprint density at radius 3 is 2.38 bits per heavy atom. The summed E-state index contributed by atoms with van der Waals surface area (Å²) in [5.41, 5.74) is -1.86. The molecule has 1 unspecified atom stereocenters. The average Bonchev–Trinajstić information content (AvgIpc) is 3.23. The number of piperazine rings is 1. The first-order valence-corrected chi connectivity index (χ1v) is 14.9. The Morgan fingerprint density at radius 1 is 1.12 bits per heavy atom. The topological polar surface area (TPSA) is 157 Å². The normalized spacial score (nSPS) is 22.8. The third kappa shape index (κ3) is 5.80. The molecule has 4 heterocycles. The monoisotopic (exact) mass is 603 g/mol. The molecule has 6 rings (SSSR count). The molecule has 15 heteroatoms. The molecular formula is C27H34FN7O6S. The van der Waals surface area contributed by atoms with Crippen LogP contribution in [0.5, 0.6) is 5.75 Å². The second-order valence-corrected chi connectivity index (χ2v) is 12.8. The van der Waals surface area contributed by atoms with Crippen LogP contribution >= 0.6 is 0 Å². The lowest BCUT2D eigenvalue weighted by Gasteiger charge is -2.38. The van der Waals surface area contributed by atoms with Crippen LogP contribution in [0.2, 0.25) is 0 Å². The maximum atomic E-state index is 13.3. The molecule has 0 radical (unpaired) electrons. The van der Waals surface area contributed by atoms with E-state index in [9.17, 15) is 32.9 Å². The van der Waals surface area contributed by atoms with E-state index < -0.39 is 57.3 Å². The summed E-state index contributed by atoms with van der Waals surface area (Å²) in [4.78, 5) is 58.7. The molecule has 3 N–H and O–H groups in total. The zero-order chi connectivity index (χ0) is 30.2. The number of fused-ring (bicyclic) bond motifs is 2. The Hall–Kier alpha value is -3.69. The maximum absolute atomic E-state index is 13.3. The highest BCUT2D eigenvalue weighted by atomic mass is 32.2. The highest BCUT2D eigenvalue weighted by Crippen LogP contribution is 2.43. The summed E-state index contributed by atoms with van der Waals surface area (Å²) in [6, 6.07) is 5.49. The van der Waals surface area contributed by atoms with E-state index in [0.29, 0.717) is 44.3 Å². The van der Waals surface area contributed by atoms with E-state index in [-0.39, 0.29) is 37.9 Å². The van der Waals surface area contributed by atoms with Crippen molar-refractivity contribution in [3.63, 3.8) is 0 Å². The first kappa shape index (κ1) is 29.8. The van der Waals surface area contributed by atoms with Crippen LogP contribution in [0.1, 0.15) is 47.6 Å². The van der Waals surface area contributed by atoms with Gasteiger partial charge in [-0.2, -0.15) is 0 Å². The lowest BCUT2D eigenvalue weighted by molar-refractivity contribution is -0.148. The smallest absolute Gasteiger partial charge is 0.311 e. The fourth-order valence-electron chi connectivity index (χ4n) is 5.81. The van der Waals surface area contributed by atoms with Gasteiger partial charge in [0.15, 0.2) is 16.9 Å². The minimum absolute atomic E-state index is 0.00645. The van der Waals surface area contributed by atoms with Crippen molar-refractivity contribution in [3.8, 4) is 5.75 Å². The van der Waals surface area contributed by atoms with Crippen molar-refractivity contribution in [2.75, 3.05) is 40.3 Å². The summed E-state index contributed by atoms with van der Waals surface area (Å²) in [5.74, 6) is -3.39. The number of hydrogen-bond acceptors (Lipinski definition) is 7. The first-order valence-electron chi connectivity index (χ1n) is 13.8. The van der Waals surface area contributed by atoms with Gasteiger partial charge in [-0.25, -0.2) is 22.2 Å². The van der Waals surface area contributed by atoms with Crippen molar-refractivity contribution in [1.82, 2.24) is 33.7 Å². The Morgan fingerprint density at radius 2 is 1.76 bits per heavy atom. The predicted octanol–water partition coefficient (Wildman–Crippen LogP) is -0.182. The largest absolute Gasteiger partial charge is 0.501 e. The van der Waals surface area contributed by atoms with E-state index in [2.05, 4.69) is 15.6 Å². The van der Waals surface area contributed by atoms with Gasteiger partial charge in [-0.15, -0.1) is 0 Å². The van der Waals surface area contributed by atoms with Crippen LogP contribution < -0.4 is 16.2 Å². The van der Waals surface area contributed by atoms with E-state index in [1.54, 1.807) is 22.7 Å². The van der Waals surface area contributed by atoms with Gasteiger partial charge in [0.25, 0.3) is 11.5 Å². The molecule has 3 aliphatic heterocycles. The van der Waals surface area contributed by atoms with Crippen LogP contribution in [0.25, 0.3) is 0 Å². The van der Waals surface area contributed by atoms with Crippen LogP contribution in [-0.2, 0) is 39.4 Å². The summed E-state index contributed by atoms with van der Waals surface area (Å²) in [5, 5.41) is 16.1. The van der Waals surface area contributed by atoms with Gasteiger partial charge in [0.1, 0.15) is 11.6 Å². The van der Waals surface area contributed by atoms with E-state index >= 15 is 0 Å². The molecule has 1 aromatic carbocycles. The lowest BCUT2D eigenvalue weighted by Crippen LogP contribution is -2.57. The molecule has 2 fully saturated rings. The standard InChI is InChI=1S/C27H34FN7O6S/c1-32(2)42(41)34-13-11-33(12-14-34)25(40)23(38)31-27-9-7-18(8-10-27)16-35-24(39)21(36)20(30-26(27)35)22(37)29-15-17-3-5-19(28)6-4-17/h3-6,18,36H,7-16H2,1-2H3,(H,29,37)(H,31,38). The third-order valence-corrected chi connectivity index (χ3v) is 9.59. The second kappa shape index (κ2) is 11.9. The fraction of sp³-hybridized carbons (Fsp3) is 0.519. The van der Waals surface area contributed by atoms with Gasteiger partial charge in [-0.3, -0.25) is 23.7 Å². The Kier molecular flexibility index (Phi) is 8.44. The number of aromatic nitrogens is 2. The SMILES string of the molecule is CN(C)S(=O)N1CCN(C(=O)C(=O)NC23CCC(CC2)Cn2c3nc(C(=O)NCc3ccc(F)cc3)c(O)c2=O)CC1. The molecule has 1 saturated carbocycles. The zero-order valence-corrected chi connectivity index (χ0v) is 24.3. The van der Waals surface area contributed by atoms with Crippen LogP contribution in [0, 0.1) is 11.7 Å². The Bertz CT molecular complexity index is 1460. The number of nitrogens with one attached hydrogen (secondary N) is 2. The predicted molar refractivity (Wildman–Crippen MR) is 149 cm³/mol. The van der Waals surface area contributed by atoms with Gasteiger partial charge in [0, 0.05) is 53.4 Å². The summed E-state index contributed by atoms with van der Waals surface area (Å²) in [7, 11) is 3.39. The highest BCUT2D eigenvalue weighted by Gasteiger charge is 2.47. The summed E-state index contributed by atoms with van der Waals surface area (Å²) in [6.07, 6.45) is 2.11. The highest BCUT2D eigenvalue weighted by molar-refractivity contribution is 7.80. The van der Waals surface area contributed by atoms with Crippen molar-refractivity contribution < 1.29 is 28.1 Å². The lowest BCUT2D eigenvalue weighted by atomic mass is 9.77. The first-order chi connectivity index (χ1) is 20.0. The molecule has 13 nitrogen and oxygen atoms in total. The summed E-state index contributed by atoms with van der Waals surface area (Å²) >= 11 is -1.34. The number of nitrogens with zero attached hydrogens (tertiary/aromatic N) is 5. The fourth-order valence-corrected chi connectivity index (χ4v) is 6.75. The number of aromatic hydroxyl groups is 1. The van der Waals surface area contributed by atoms with Gasteiger partial charge in [0.2, 0.25) is 5.75 Å². The average molecular weight is 604 g/mol. The zero-order valence-electron chi connectivity index (χ0n) is 23.5. The van der Waals surface area contributed by atoms with Crippen molar-refractivity contribution in [3.05, 3.63) is 57.5 Å². The molecule has 226 valence electrons. The number of amides is 3. The quantitative estimate of drug-likeness (QED) is 0.387. The summed E-state index contributed by atoms with van der Waals surface area (Å²) < 4.78 is 30.2. The molecule has 1 saturated heterocycles. The van der Waals surface area contributed by atoms with E-state index in [4.69, 9.17) is 0 Å². The molecule has 2 aromatic rings. The molecular weight excluding hydrogens is 569 g/mol. The van der Waals surface area contributed by atoms with Gasteiger partial charge in [-0.05, 0) is 49.3 Å². The molecule has 1 aliphatic carbocycles. The van der Waals surface area contributed by atoms with Crippen LogP contribution in [0.3, 0.4) is 0 Å². The molecule has 3 amide bonds. The van der Waals surface area contributed by atoms with Gasteiger partial charge in [0.05, 0.1) is 5.54 Å². The molecule has 42 heavy (non-hydrogen) atoms. The number of benzene rings is 1. The number of hydrogen-bond donors (Lipinski definition) is 3. The number of halogens is 1. The molecule has 1 atom stereocenters. The number of carbonyl (C=O) groups is 3. The molecule has 0 spiro atoms. The molecule has 4 aliphatic rings. The van der Waals surface area contributed by atoms with Crippen molar-refractivity contribution in [2.24, 2.45) is 5.92 Å². The Labute approximate surface area is 244 Å². The summed E-state index contributed by atoms with van der Waals surface area (Å²) in [6.45, 7) is 1.40. The second-order valence-electron chi connectivity index (χ2n) is 11.1. The van der Waals surface area contributed by atoms with Gasteiger partial charge >= 0.3 is 11.8 Å². The molecule has 2 bridgehead atoms. The van der Waals surface area contributed by atoms with Gasteiger partial charge < -0.3 is 20.6 Å². The van der Waals surface area contributed by atoms with Crippen molar-refractivity contribution in [2.45, 2.75) is 44.3 Å². The van der Waals surface area contributed by atoms with E-state index in [0.717, 1.165) is 0 Å². The van der Waals surface area contributed by atoms with E-state index in [1.807, 2.05) is 0 Å². The van der Waals surface area contributed by atoms with E-state index in [1.165, 1.54) is 33.7 Å². The van der Waals surface area contributed by atoms with Crippen LogP contribution in [-0.4, -0.2) is 90.4 Å².